The van der Waals surface area contributed by atoms with E-state index in [0.29, 0.717) is 11.7 Å². The van der Waals surface area contributed by atoms with Crippen LogP contribution in [0.3, 0.4) is 0 Å². The van der Waals surface area contributed by atoms with E-state index in [1.54, 1.807) is 13.8 Å². The van der Waals surface area contributed by atoms with Crippen molar-refractivity contribution in [3.05, 3.63) is 24.3 Å². The lowest BCUT2D eigenvalue weighted by Gasteiger charge is -2.27. The van der Waals surface area contributed by atoms with Crippen LogP contribution in [-0.2, 0) is 9.59 Å². The number of likely N-dealkylation sites (N-methyl/N-ethyl adjacent to an activating group) is 1. The number of benzene rings is 1. The van der Waals surface area contributed by atoms with E-state index in [1.165, 1.54) is 11.9 Å². The Morgan fingerprint density at radius 3 is 2.19 bits per heavy atom. The summed E-state index contributed by atoms with van der Waals surface area (Å²) < 4.78 is 0. The molecule has 1 amide bonds. The number of carbonyl (C=O) groups is 2. The molecule has 1 unspecified atom stereocenters. The van der Waals surface area contributed by atoms with Crippen LogP contribution in [-0.4, -0.2) is 60.7 Å². The molecule has 0 radical (unpaired) electrons. The monoisotopic (exact) mass is 380 g/mol. The summed E-state index contributed by atoms with van der Waals surface area (Å²) in [7, 11) is 5.46. The summed E-state index contributed by atoms with van der Waals surface area (Å²) in [4.78, 5) is 26.8. The molecule has 144 valence electrons. The number of amides is 1. The van der Waals surface area contributed by atoms with Gasteiger partial charge in [-0.15, -0.1) is 0 Å². The molecule has 0 fully saturated rings. The first-order chi connectivity index (χ1) is 12.1. The largest absolute Gasteiger partial charge is 0.480 e. The molecule has 0 aromatic heterocycles. The fourth-order valence-corrected chi connectivity index (χ4v) is 2.75. The molecule has 8 heteroatoms. The number of hydrogen-bond donors (Lipinski definition) is 3. The number of rotatable bonds is 8. The van der Waals surface area contributed by atoms with Crippen molar-refractivity contribution in [2.45, 2.75) is 26.3 Å². The first-order valence-corrected chi connectivity index (χ1v) is 8.85. The first-order valence-electron chi connectivity index (χ1n) is 8.44. The van der Waals surface area contributed by atoms with Crippen molar-refractivity contribution in [3.8, 4) is 0 Å². The Balaban J connectivity index is 2.45. The maximum Gasteiger partial charge on any atom is 0.326 e. The van der Waals surface area contributed by atoms with Crippen molar-refractivity contribution in [3.63, 3.8) is 0 Å². The number of carboxylic acids is 1. The van der Waals surface area contributed by atoms with Crippen molar-refractivity contribution >= 4 is 40.6 Å². The van der Waals surface area contributed by atoms with E-state index in [2.05, 4.69) is 10.6 Å². The zero-order valence-electron chi connectivity index (χ0n) is 15.9. The third kappa shape index (κ3) is 6.51. The molecule has 3 N–H and O–H groups in total. The van der Waals surface area contributed by atoms with Gasteiger partial charge in [0, 0.05) is 45.5 Å². The lowest BCUT2D eigenvalue weighted by Crippen LogP contribution is -2.46. The van der Waals surface area contributed by atoms with E-state index < -0.39 is 12.0 Å². The number of nitrogens with one attached hydrogen (secondary N) is 2. The number of aliphatic carboxylic acids is 1. The Morgan fingerprint density at radius 2 is 1.73 bits per heavy atom. The molecule has 0 heterocycles. The third-order valence-electron chi connectivity index (χ3n) is 3.96. The van der Waals surface area contributed by atoms with Crippen LogP contribution in [0.1, 0.15) is 20.3 Å². The van der Waals surface area contributed by atoms with Crippen molar-refractivity contribution in [1.82, 2.24) is 10.2 Å². The van der Waals surface area contributed by atoms with E-state index in [0.717, 1.165) is 11.4 Å². The fourth-order valence-electron chi connectivity index (χ4n) is 2.53. The molecule has 1 atom stereocenters. The zero-order chi connectivity index (χ0) is 19.9. The van der Waals surface area contributed by atoms with Crippen LogP contribution in [0, 0.1) is 5.92 Å². The molecular formula is C18H28N4O3S. The minimum atomic E-state index is -0.998. The van der Waals surface area contributed by atoms with Crippen LogP contribution >= 0.6 is 12.2 Å². The average molecular weight is 381 g/mol. The van der Waals surface area contributed by atoms with E-state index in [-0.39, 0.29) is 18.2 Å². The van der Waals surface area contributed by atoms with E-state index in [1.807, 2.05) is 43.3 Å². The number of anilines is 2. The lowest BCUT2D eigenvalue weighted by molar-refractivity contribution is -0.150. The minimum absolute atomic E-state index is 0.161. The Labute approximate surface area is 160 Å². The lowest BCUT2D eigenvalue weighted by atomic mass is 10.0. The second-order valence-corrected chi connectivity index (χ2v) is 7.01. The molecule has 0 aliphatic rings. The van der Waals surface area contributed by atoms with Gasteiger partial charge >= 0.3 is 5.97 Å². The average Bonchev–Trinajstić information content (AvgIpc) is 2.54. The van der Waals surface area contributed by atoms with E-state index in [9.17, 15) is 14.7 Å². The van der Waals surface area contributed by atoms with Gasteiger partial charge in [-0.25, -0.2) is 4.79 Å². The van der Waals surface area contributed by atoms with Crippen LogP contribution < -0.4 is 15.5 Å². The van der Waals surface area contributed by atoms with E-state index in [4.69, 9.17) is 12.2 Å². The van der Waals surface area contributed by atoms with Crippen LogP contribution in [0.25, 0.3) is 0 Å². The maximum atomic E-state index is 12.2. The quantitative estimate of drug-likeness (QED) is 0.595. The van der Waals surface area contributed by atoms with Gasteiger partial charge < -0.3 is 25.5 Å². The summed E-state index contributed by atoms with van der Waals surface area (Å²) in [6, 6.07) is 6.95. The van der Waals surface area contributed by atoms with Gasteiger partial charge in [0.25, 0.3) is 0 Å². The number of hydrogen-bond acceptors (Lipinski definition) is 4. The summed E-state index contributed by atoms with van der Waals surface area (Å²) in [6.45, 7) is 3.89. The topological polar surface area (TPSA) is 84.9 Å². The highest BCUT2D eigenvalue weighted by Gasteiger charge is 2.28. The van der Waals surface area contributed by atoms with Gasteiger partial charge in [-0.1, -0.05) is 13.8 Å². The van der Waals surface area contributed by atoms with Crippen molar-refractivity contribution in [1.29, 1.82) is 0 Å². The fraction of sp³-hybridized carbons (Fsp3) is 0.500. The number of carboxylic acid groups (broad SMARTS) is 1. The van der Waals surface area contributed by atoms with Crippen LogP contribution in [0.15, 0.2) is 24.3 Å². The highest BCUT2D eigenvalue weighted by atomic mass is 32.1. The summed E-state index contributed by atoms with van der Waals surface area (Å²) >= 11 is 5.22. The van der Waals surface area contributed by atoms with Gasteiger partial charge in [-0.2, -0.15) is 0 Å². The molecule has 1 aromatic carbocycles. The Morgan fingerprint density at radius 1 is 1.15 bits per heavy atom. The molecular weight excluding hydrogens is 352 g/mol. The summed E-state index contributed by atoms with van der Waals surface area (Å²) in [5.41, 5.74) is 1.93. The highest BCUT2D eigenvalue weighted by Crippen LogP contribution is 2.15. The maximum absolute atomic E-state index is 12.2. The van der Waals surface area contributed by atoms with Crippen molar-refractivity contribution < 1.29 is 14.7 Å². The molecule has 0 bridgehead atoms. The second-order valence-electron chi connectivity index (χ2n) is 6.60. The number of thiocarbonyl (C=S) groups is 1. The molecule has 26 heavy (non-hydrogen) atoms. The van der Waals surface area contributed by atoms with Gasteiger partial charge in [-0.3, -0.25) is 4.79 Å². The molecule has 0 aliphatic carbocycles. The normalized spacial score (nSPS) is 11.6. The molecule has 1 rings (SSSR count). The zero-order valence-corrected chi connectivity index (χ0v) is 16.8. The Bertz CT molecular complexity index is 632. The number of nitrogens with zero attached hydrogens (tertiary/aromatic N) is 2. The van der Waals surface area contributed by atoms with Crippen LogP contribution in [0.2, 0.25) is 0 Å². The summed E-state index contributed by atoms with van der Waals surface area (Å²) in [5.74, 6) is -1.40. The highest BCUT2D eigenvalue weighted by molar-refractivity contribution is 7.80. The van der Waals surface area contributed by atoms with Crippen LogP contribution in [0.5, 0.6) is 0 Å². The Kier molecular flexibility index (Phi) is 8.31. The van der Waals surface area contributed by atoms with Gasteiger partial charge in [0.2, 0.25) is 5.91 Å². The molecule has 0 saturated carbocycles. The third-order valence-corrected chi connectivity index (χ3v) is 4.21. The van der Waals surface area contributed by atoms with Crippen LogP contribution in [0.4, 0.5) is 11.4 Å². The SMILES string of the molecule is CC(C)C(C(=O)O)N(C)C(=O)CCNC(=S)Nc1ccc(N(C)C)cc1. The summed E-state index contributed by atoms with van der Waals surface area (Å²) in [6.07, 6.45) is 0.161. The first kappa shape index (κ1) is 21.7. The van der Waals surface area contributed by atoms with Gasteiger partial charge in [0.05, 0.1) is 0 Å². The Hall–Kier alpha value is -2.35. The minimum Gasteiger partial charge on any atom is -0.480 e. The predicted octanol–water partition coefficient (Wildman–Crippen LogP) is 2.00. The molecule has 1 aromatic rings. The predicted molar refractivity (Wildman–Crippen MR) is 109 cm³/mol. The van der Waals surface area contributed by atoms with E-state index >= 15 is 0 Å². The molecule has 7 nitrogen and oxygen atoms in total. The van der Waals surface area contributed by atoms with Gasteiger partial charge in [-0.05, 0) is 42.4 Å². The van der Waals surface area contributed by atoms with Gasteiger partial charge in [0.1, 0.15) is 6.04 Å². The summed E-state index contributed by atoms with van der Waals surface area (Å²) in [5, 5.41) is 15.7. The van der Waals surface area contributed by atoms with Gasteiger partial charge in [0.15, 0.2) is 5.11 Å². The molecule has 0 saturated heterocycles. The molecule has 0 spiro atoms. The standard InChI is InChI=1S/C18H28N4O3S/c1-12(2)16(17(24)25)22(5)15(23)10-11-19-18(26)20-13-6-8-14(9-7-13)21(3)4/h6-9,12,16H,10-11H2,1-5H3,(H,24,25)(H2,19,20,26). The second kappa shape index (κ2) is 9.96. The number of carbonyl (C=O) groups excluding carboxylic acids is 1. The van der Waals surface area contributed by atoms with Crippen molar-refractivity contribution in [2.75, 3.05) is 37.9 Å². The smallest absolute Gasteiger partial charge is 0.326 e. The molecule has 0 aliphatic heterocycles. The van der Waals surface area contributed by atoms with Crippen molar-refractivity contribution in [2.24, 2.45) is 5.92 Å².